The third kappa shape index (κ3) is 6.97. The second-order valence-electron chi connectivity index (χ2n) is 4.29. The highest BCUT2D eigenvalue weighted by Gasteiger charge is 2.13. The maximum absolute atomic E-state index is 11.6. The SMILES string of the molecule is COC(CNC(=O)CCOc1ccccc1Cl)CC(=O)O. The van der Waals surface area contributed by atoms with Crippen molar-refractivity contribution in [2.45, 2.75) is 18.9 Å². The van der Waals surface area contributed by atoms with Gasteiger partial charge in [0.05, 0.1) is 30.6 Å². The number of nitrogens with one attached hydrogen (secondary N) is 1. The molecule has 2 N–H and O–H groups in total. The molecule has 0 saturated heterocycles. The predicted molar refractivity (Wildman–Crippen MR) is 77.6 cm³/mol. The van der Waals surface area contributed by atoms with E-state index < -0.39 is 12.1 Å². The van der Waals surface area contributed by atoms with Crippen LogP contribution in [0.15, 0.2) is 24.3 Å². The molecule has 116 valence electrons. The summed E-state index contributed by atoms with van der Waals surface area (Å²) in [4.78, 5) is 22.1. The molecule has 7 heteroatoms. The number of ether oxygens (including phenoxy) is 2. The average molecular weight is 316 g/mol. The molecule has 0 aliphatic heterocycles. The zero-order valence-corrected chi connectivity index (χ0v) is 12.4. The molecule has 21 heavy (non-hydrogen) atoms. The molecule has 0 saturated carbocycles. The van der Waals surface area contributed by atoms with Crippen molar-refractivity contribution >= 4 is 23.5 Å². The first-order valence-corrected chi connectivity index (χ1v) is 6.79. The molecule has 1 amide bonds. The van der Waals surface area contributed by atoms with Crippen LogP contribution in [0.5, 0.6) is 5.75 Å². The van der Waals surface area contributed by atoms with Crippen molar-refractivity contribution < 1.29 is 24.2 Å². The van der Waals surface area contributed by atoms with Crippen LogP contribution in [0.1, 0.15) is 12.8 Å². The highest BCUT2D eigenvalue weighted by atomic mass is 35.5. The Labute approximate surface area is 128 Å². The van der Waals surface area contributed by atoms with Crippen LogP contribution in [0, 0.1) is 0 Å². The van der Waals surface area contributed by atoms with Crippen LogP contribution < -0.4 is 10.1 Å². The predicted octanol–water partition coefficient (Wildman–Crippen LogP) is 1.71. The number of carbonyl (C=O) groups is 2. The van der Waals surface area contributed by atoms with E-state index in [-0.39, 0.29) is 31.9 Å². The Morgan fingerprint density at radius 3 is 2.71 bits per heavy atom. The quantitative estimate of drug-likeness (QED) is 0.724. The average Bonchev–Trinajstić information content (AvgIpc) is 2.45. The van der Waals surface area contributed by atoms with Crippen LogP contribution in [0.25, 0.3) is 0 Å². The fraction of sp³-hybridized carbons (Fsp3) is 0.429. The molecule has 1 aromatic rings. The smallest absolute Gasteiger partial charge is 0.306 e. The van der Waals surface area contributed by atoms with Crippen molar-refractivity contribution in [3.8, 4) is 5.75 Å². The number of hydrogen-bond acceptors (Lipinski definition) is 4. The molecule has 0 radical (unpaired) electrons. The van der Waals surface area contributed by atoms with Crippen molar-refractivity contribution in [1.29, 1.82) is 0 Å². The van der Waals surface area contributed by atoms with Crippen LogP contribution in [0.2, 0.25) is 5.02 Å². The van der Waals surface area contributed by atoms with Crippen LogP contribution in [0.3, 0.4) is 0 Å². The van der Waals surface area contributed by atoms with E-state index in [0.29, 0.717) is 10.8 Å². The number of benzene rings is 1. The van der Waals surface area contributed by atoms with Gasteiger partial charge in [0.1, 0.15) is 5.75 Å². The number of amides is 1. The minimum atomic E-state index is -0.974. The van der Waals surface area contributed by atoms with E-state index in [2.05, 4.69) is 5.32 Å². The monoisotopic (exact) mass is 315 g/mol. The van der Waals surface area contributed by atoms with Crippen LogP contribution in [0.4, 0.5) is 0 Å². The van der Waals surface area contributed by atoms with Crippen molar-refractivity contribution in [2.75, 3.05) is 20.3 Å². The van der Waals surface area contributed by atoms with Crippen molar-refractivity contribution in [3.05, 3.63) is 29.3 Å². The fourth-order valence-corrected chi connectivity index (χ4v) is 1.76. The number of hydrogen-bond donors (Lipinski definition) is 2. The molecule has 0 spiro atoms. The lowest BCUT2D eigenvalue weighted by Crippen LogP contribution is -2.35. The second kappa shape index (κ2) is 9.20. The summed E-state index contributed by atoms with van der Waals surface area (Å²) in [5, 5.41) is 11.7. The molecule has 6 nitrogen and oxygen atoms in total. The summed E-state index contributed by atoms with van der Waals surface area (Å²) in [6, 6.07) is 6.99. The third-order valence-corrected chi connectivity index (χ3v) is 3.00. The molecule has 0 heterocycles. The molecule has 1 aromatic carbocycles. The molecule has 0 aliphatic carbocycles. The van der Waals surface area contributed by atoms with Crippen molar-refractivity contribution in [2.24, 2.45) is 0 Å². The van der Waals surface area contributed by atoms with Crippen LogP contribution in [-0.2, 0) is 14.3 Å². The third-order valence-electron chi connectivity index (χ3n) is 2.69. The van der Waals surface area contributed by atoms with Gasteiger partial charge in [-0.05, 0) is 12.1 Å². The Bertz CT molecular complexity index is 480. The molecule has 0 aliphatic rings. The van der Waals surface area contributed by atoms with Gasteiger partial charge in [0.15, 0.2) is 0 Å². The standard InChI is InChI=1S/C14H18ClNO5/c1-20-10(8-14(18)19)9-16-13(17)6-7-21-12-5-3-2-4-11(12)15/h2-5,10H,6-9H2,1H3,(H,16,17)(H,18,19). The fourth-order valence-electron chi connectivity index (χ4n) is 1.57. The van der Waals surface area contributed by atoms with Crippen LogP contribution in [-0.4, -0.2) is 43.3 Å². The van der Waals surface area contributed by atoms with E-state index in [4.69, 9.17) is 26.2 Å². The number of rotatable bonds is 9. The maximum atomic E-state index is 11.6. The first kappa shape index (κ1) is 17.3. The number of halogens is 1. The Kier molecular flexibility index (Phi) is 7.56. The lowest BCUT2D eigenvalue weighted by molar-refractivity contribution is -0.140. The highest BCUT2D eigenvalue weighted by molar-refractivity contribution is 6.32. The minimum absolute atomic E-state index is 0.147. The number of methoxy groups -OCH3 is 1. The Balaban J connectivity index is 2.25. The molecule has 0 fully saturated rings. The van der Waals surface area contributed by atoms with E-state index in [1.54, 1.807) is 24.3 Å². The van der Waals surface area contributed by atoms with E-state index in [1.807, 2.05) is 0 Å². The number of carboxylic acids is 1. The number of carboxylic acid groups (broad SMARTS) is 1. The Hall–Kier alpha value is -1.79. The number of carbonyl (C=O) groups excluding carboxylic acids is 1. The molecule has 1 unspecified atom stereocenters. The van der Waals surface area contributed by atoms with Gasteiger partial charge in [-0.2, -0.15) is 0 Å². The van der Waals surface area contributed by atoms with Gasteiger partial charge in [-0.25, -0.2) is 0 Å². The molecular weight excluding hydrogens is 298 g/mol. The lowest BCUT2D eigenvalue weighted by Gasteiger charge is -2.14. The van der Waals surface area contributed by atoms with Gasteiger partial charge in [-0.3, -0.25) is 9.59 Å². The number of aliphatic carboxylic acids is 1. The second-order valence-corrected chi connectivity index (χ2v) is 4.70. The van der Waals surface area contributed by atoms with E-state index in [9.17, 15) is 9.59 Å². The molecular formula is C14H18ClNO5. The van der Waals surface area contributed by atoms with E-state index in [1.165, 1.54) is 7.11 Å². The lowest BCUT2D eigenvalue weighted by atomic mass is 10.2. The minimum Gasteiger partial charge on any atom is -0.491 e. The molecule has 0 bridgehead atoms. The van der Waals surface area contributed by atoms with Gasteiger partial charge >= 0.3 is 5.97 Å². The Morgan fingerprint density at radius 2 is 2.10 bits per heavy atom. The van der Waals surface area contributed by atoms with Gasteiger partial charge in [0, 0.05) is 13.7 Å². The van der Waals surface area contributed by atoms with Crippen molar-refractivity contribution in [1.82, 2.24) is 5.32 Å². The first-order valence-electron chi connectivity index (χ1n) is 6.41. The maximum Gasteiger partial charge on any atom is 0.306 e. The molecule has 1 atom stereocenters. The van der Waals surface area contributed by atoms with Gasteiger partial charge in [0.2, 0.25) is 5.91 Å². The normalized spacial score (nSPS) is 11.7. The molecule has 0 aromatic heterocycles. The van der Waals surface area contributed by atoms with Gasteiger partial charge in [-0.1, -0.05) is 23.7 Å². The largest absolute Gasteiger partial charge is 0.491 e. The summed E-state index contributed by atoms with van der Waals surface area (Å²) >= 11 is 5.91. The summed E-state index contributed by atoms with van der Waals surface area (Å²) in [6.45, 7) is 0.333. The van der Waals surface area contributed by atoms with Crippen LogP contribution >= 0.6 is 11.6 Å². The summed E-state index contributed by atoms with van der Waals surface area (Å²) < 4.78 is 10.3. The zero-order chi connectivity index (χ0) is 15.7. The van der Waals surface area contributed by atoms with Crippen molar-refractivity contribution in [3.63, 3.8) is 0 Å². The van der Waals surface area contributed by atoms with Gasteiger partial charge in [0.25, 0.3) is 0 Å². The summed E-state index contributed by atoms with van der Waals surface area (Å²) in [5.74, 6) is -0.694. The molecule has 1 rings (SSSR count). The van der Waals surface area contributed by atoms with Gasteiger partial charge in [-0.15, -0.1) is 0 Å². The van der Waals surface area contributed by atoms with Gasteiger partial charge < -0.3 is 19.9 Å². The highest BCUT2D eigenvalue weighted by Crippen LogP contribution is 2.22. The summed E-state index contributed by atoms with van der Waals surface area (Å²) in [5.41, 5.74) is 0. The topological polar surface area (TPSA) is 84.9 Å². The Morgan fingerprint density at radius 1 is 1.38 bits per heavy atom. The summed E-state index contributed by atoms with van der Waals surface area (Å²) in [6.07, 6.45) is -0.558. The zero-order valence-electron chi connectivity index (χ0n) is 11.7. The first-order chi connectivity index (χ1) is 10.0. The number of para-hydroxylation sites is 1. The summed E-state index contributed by atoms with van der Waals surface area (Å²) in [7, 11) is 1.40. The van der Waals surface area contributed by atoms with E-state index >= 15 is 0 Å². The van der Waals surface area contributed by atoms with E-state index in [0.717, 1.165) is 0 Å².